The first-order chi connectivity index (χ1) is 31.2. The van der Waals surface area contributed by atoms with Gasteiger partial charge >= 0.3 is 0 Å². The zero-order valence-electron chi connectivity index (χ0n) is 34.0. The van der Waals surface area contributed by atoms with Gasteiger partial charge in [-0.1, -0.05) is 140 Å². The van der Waals surface area contributed by atoms with Gasteiger partial charge in [-0.25, -0.2) is 4.99 Å². The third-order valence-corrected chi connectivity index (χ3v) is 12.7. The number of aromatic nitrogens is 1. The second-order valence-corrected chi connectivity index (χ2v) is 16.4. The normalized spacial score (nSPS) is 15.5. The van der Waals surface area contributed by atoms with Crippen LogP contribution in [0.25, 0.3) is 93.6 Å². The van der Waals surface area contributed by atoms with Crippen molar-refractivity contribution < 1.29 is 8.83 Å². The lowest BCUT2D eigenvalue weighted by atomic mass is 9.96. The van der Waals surface area contributed by atoms with Crippen LogP contribution in [0.4, 0.5) is 0 Å². The molecule has 0 fully saturated rings. The molecule has 0 aliphatic carbocycles. The Morgan fingerprint density at radius 3 is 1.87 bits per heavy atom. The van der Waals surface area contributed by atoms with Crippen LogP contribution in [-0.4, -0.2) is 10.4 Å². The second kappa shape index (κ2) is 14.2. The molecule has 9 aromatic carbocycles. The summed E-state index contributed by atoms with van der Waals surface area (Å²) >= 11 is 0. The number of aliphatic imine (C=N–C) groups is 1. The van der Waals surface area contributed by atoms with E-state index in [0.29, 0.717) is 0 Å². The van der Waals surface area contributed by atoms with Gasteiger partial charge in [-0.05, 0) is 88.5 Å². The summed E-state index contributed by atoms with van der Waals surface area (Å²) in [6.45, 7) is 0. The topological polar surface area (TPSA) is 67.6 Å². The molecule has 298 valence electrons. The van der Waals surface area contributed by atoms with Gasteiger partial charge < -0.3 is 18.7 Å². The number of rotatable bonds is 6. The lowest BCUT2D eigenvalue weighted by molar-refractivity contribution is 0.410. The van der Waals surface area contributed by atoms with Gasteiger partial charge in [0.25, 0.3) is 0 Å². The minimum atomic E-state index is -0.377. The number of amidine groups is 1. The highest BCUT2D eigenvalue weighted by Gasteiger charge is 2.29. The number of nitrogens with one attached hydrogen (secondary N) is 2. The number of hydrogen-bond donors (Lipinski definition) is 2. The molecule has 2 atom stereocenters. The summed E-state index contributed by atoms with van der Waals surface area (Å²) in [6, 6.07) is 72.7. The maximum Gasteiger partial charge on any atom is 0.137 e. The van der Waals surface area contributed by atoms with Crippen molar-refractivity contribution in [3.63, 3.8) is 0 Å². The summed E-state index contributed by atoms with van der Waals surface area (Å²) in [4.78, 5) is 5.39. The molecule has 6 heteroatoms. The van der Waals surface area contributed by atoms with Gasteiger partial charge in [0.1, 0.15) is 40.5 Å². The molecule has 12 aromatic rings. The Morgan fingerprint density at radius 1 is 0.413 bits per heavy atom. The van der Waals surface area contributed by atoms with Gasteiger partial charge in [0.15, 0.2) is 0 Å². The molecule has 13 rings (SSSR count). The molecule has 3 aromatic heterocycles. The van der Waals surface area contributed by atoms with Crippen molar-refractivity contribution in [1.29, 1.82) is 0 Å². The van der Waals surface area contributed by atoms with Crippen LogP contribution in [0.3, 0.4) is 0 Å². The van der Waals surface area contributed by atoms with E-state index in [1.54, 1.807) is 0 Å². The van der Waals surface area contributed by atoms with Crippen LogP contribution in [-0.2, 0) is 0 Å². The third-order valence-electron chi connectivity index (χ3n) is 12.7. The van der Waals surface area contributed by atoms with Crippen LogP contribution in [0.1, 0.15) is 29.0 Å². The quantitative estimate of drug-likeness (QED) is 0.176. The van der Waals surface area contributed by atoms with Crippen molar-refractivity contribution >= 4 is 71.5 Å². The van der Waals surface area contributed by atoms with E-state index in [2.05, 4.69) is 203 Å². The largest absolute Gasteiger partial charge is 0.456 e. The summed E-state index contributed by atoms with van der Waals surface area (Å²) in [5, 5.41) is 14.3. The van der Waals surface area contributed by atoms with Crippen molar-refractivity contribution in [2.24, 2.45) is 4.99 Å². The van der Waals surface area contributed by atoms with Crippen molar-refractivity contribution in [2.75, 3.05) is 0 Å². The summed E-state index contributed by atoms with van der Waals surface area (Å²) in [7, 11) is 0. The van der Waals surface area contributed by atoms with Crippen LogP contribution < -0.4 is 10.6 Å². The van der Waals surface area contributed by atoms with E-state index in [-0.39, 0.29) is 12.3 Å². The zero-order chi connectivity index (χ0) is 41.4. The van der Waals surface area contributed by atoms with Crippen molar-refractivity contribution in [1.82, 2.24) is 15.2 Å². The number of benzene rings is 9. The number of para-hydroxylation sites is 2. The molecule has 0 bridgehead atoms. The van der Waals surface area contributed by atoms with E-state index in [0.717, 1.165) is 105 Å². The molecule has 0 saturated carbocycles. The number of hydrogen-bond acceptors (Lipinski definition) is 5. The zero-order valence-corrected chi connectivity index (χ0v) is 34.0. The number of furan rings is 2. The monoisotopic (exact) mass is 810 g/mol. The summed E-state index contributed by atoms with van der Waals surface area (Å²) in [5.74, 6) is 0.839. The maximum atomic E-state index is 6.95. The maximum absolute atomic E-state index is 6.95. The first kappa shape index (κ1) is 35.6. The number of fused-ring (bicyclic) bond motifs is 9. The Bertz CT molecular complexity index is 3750. The van der Waals surface area contributed by atoms with Crippen LogP contribution in [0.5, 0.6) is 0 Å². The Morgan fingerprint density at radius 2 is 1.03 bits per heavy atom. The average molecular weight is 811 g/mol. The van der Waals surface area contributed by atoms with Gasteiger partial charge in [-0.3, -0.25) is 5.32 Å². The van der Waals surface area contributed by atoms with Crippen molar-refractivity contribution in [3.8, 4) is 27.9 Å². The molecule has 0 amide bonds. The molecular weight excluding hydrogens is 773 g/mol. The lowest BCUT2D eigenvalue weighted by Gasteiger charge is -2.32. The van der Waals surface area contributed by atoms with Gasteiger partial charge in [-0.15, -0.1) is 0 Å². The molecule has 2 N–H and O–H groups in total. The first-order valence-electron chi connectivity index (χ1n) is 21.4. The van der Waals surface area contributed by atoms with Gasteiger partial charge in [-0.2, -0.15) is 0 Å². The highest BCUT2D eigenvalue weighted by molar-refractivity contribution is 6.13. The highest BCUT2D eigenvalue weighted by atomic mass is 16.3. The van der Waals surface area contributed by atoms with Crippen LogP contribution in [0.2, 0.25) is 0 Å². The molecule has 2 unspecified atom stereocenters. The summed E-state index contributed by atoms with van der Waals surface area (Å²) in [6.07, 6.45) is -0.550. The molecular formula is C57H38N4O2. The fourth-order valence-electron chi connectivity index (χ4n) is 9.69. The predicted molar refractivity (Wildman–Crippen MR) is 257 cm³/mol. The smallest absolute Gasteiger partial charge is 0.137 e. The van der Waals surface area contributed by atoms with Crippen molar-refractivity contribution in [3.05, 3.63) is 223 Å². The molecule has 1 aliphatic heterocycles. The molecule has 63 heavy (non-hydrogen) atoms. The Labute approximate surface area is 362 Å². The van der Waals surface area contributed by atoms with E-state index < -0.39 is 0 Å². The number of nitrogens with zero attached hydrogens (tertiary/aromatic N) is 2. The Hall–Kier alpha value is -8.19. The Balaban J connectivity index is 0.970. The van der Waals surface area contributed by atoms with E-state index >= 15 is 0 Å². The van der Waals surface area contributed by atoms with Crippen molar-refractivity contribution in [2.45, 2.75) is 12.3 Å². The first-order valence-corrected chi connectivity index (χ1v) is 21.4. The molecule has 6 nitrogen and oxygen atoms in total. The van der Waals surface area contributed by atoms with Gasteiger partial charge in [0.2, 0.25) is 0 Å². The van der Waals surface area contributed by atoms with Gasteiger partial charge in [0, 0.05) is 55.2 Å². The third kappa shape index (κ3) is 5.87. The molecule has 0 saturated heterocycles. The van der Waals surface area contributed by atoms with E-state index in [9.17, 15) is 0 Å². The van der Waals surface area contributed by atoms with E-state index in [4.69, 9.17) is 13.8 Å². The summed E-state index contributed by atoms with van der Waals surface area (Å²) in [5.41, 5.74) is 14.4. The standard InChI is InChI=1S/C57H38N4O2/c1-4-14-35(15-5-1)40-31-47(57-59-55(36-16-6-2-7-17-36)58-56(60-57)37-18-8-3-9-19-37)54-45-28-26-41(34-52(45)63-53(54)33-40)61-48-22-12-10-20-42(48)46-30-38(25-29-49(46)61)39-24-27-44-43-21-11-13-23-50(43)62-51(44)32-39/h1-34,55,57,59H,(H,58,60). The minimum Gasteiger partial charge on any atom is -0.456 e. The second-order valence-electron chi connectivity index (χ2n) is 16.4. The molecule has 0 radical (unpaired) electrons. The molecule has 0 spiro atoms. The molecule has 4 heterocycles. The average Bonchev–Trinajstić information content (AvgIpc) is 4.03. The van der Waals surface area contributed by atoms with E-state index in [1.807, 2.05) is 18.2 Å². The predicted octanol–water partition coefficient (Wildman–Crippen LogP) is 14.3. The van der Waals surface area contributed by atoms with Crippen LogP contribution >= 0.6 is 0 Å². The van der Waals surface area contributed by atoms with Crippen LogP contribution in [0.15, 0.2) is 220 Å². The van der Waals surface area contributed by atoms with Gasteiger partial charge in [0.05, 0.1) is 11.0 Å². The minimum absolute atomic E-state index is 0.173. The Kier molecular flexibility index (Phi) is 8.01. The highest BCUT2D eigenvalue weighted by Crippen LogP contribution is 2.42. The van der Waals surface area contributed by atoms with E-state index in [1.165, 1.54) is 10.8 Å². The lowest BCUT2D eigenvalue weighted by Crippen LogP contribution is -2.45. The summed E-state index contributed by atoms with van der Waals surface area (Å²) < 4.78 is 15.6. The van der Waals surface area contributed by atoms with Crippen LogP contribution in [0, 0.1) is 0 Å². The fraction of sp³-hybridized carbons (Fsp3) is 0.0351. The molecule has 1 aliphatic rings. The SMILES string of the molecule is c1ccc(C2=NC(c3cc(-c4ccccc4)cc4oc5cc(-n6c7ccccc7c7cc(-c8ccc9c(c8)oc8ccccc89)ccc76)ccc5c34)NC(c3ccccc3)N2)cc1. The fourth-order valence-corrected chi connectivity index (χ4v) is 9.69.